The van der Waals surface area contributed by atoms with E-state index < -0.39 is 5.60 Å². The Kier molecular flexibility index (Phi) is 3.66. The molecule has 1 heteroatoms. The molecule has 0 saturated heterocycles. The van der Waals surface area contributed by atoms with Crippen molar-refractivity contribution in [3.63, 3.8) is 0 Å². The fraction of sp³-hybridized carbons (Fsp3) is 0.778. The zero-order chi connectivity index (χ0) is 8.20. The van der Waals surface area contributed by atoms with Crippen LogP contribution in [0.3, 0.4) is 0 Å². The monoisotopic (exact) mass is 142 g/mol. The highest BCUT2D eigenvalue weighted by Gasteiger charge is 2.14. The van der Waals surface area contributed by atoms with Crippen LogP contribution in [0, 0.1) is 5.92 Å². The molecule has 1 atom stereocenters. The van der Waals surface area contributed by atoms with Crippen molar-refractivity contribution < 1.29 is 5.11 Å². The largest absolute Gasteiger partial charge is 0.390 e. The van der Waals surface area contributed by atoms with Crippen molar-refractivity contribution in [3.05, 3.63) is 12.2 Å². The molecule has 0 radical (unpaired) electrons. The minimum atomic E-state index is -0.529. The quantitative estimate of drug-likeness (QED) is 0.600. The van der Waals surface area contributed by atoms with Crippen molar-refractivity contribution in [1.29, 1.82) is 0 Å². The van der Waals surface area contributed by atoms with Gasteiger partial charge in [0.15, 0.2) is 0 Å². The van der Waals surface area contributed by atoms with Crippen LogP contribution in [-0.2, 0) is 0 Å². The van der Waals surface area contributed by atoms with Crippen LogP contribution in [0.5, 0.6) is 0 Å². The minimum absolute atomic E-state index is 0.477. The smallest absolute Gasteiger partial charge is 0.0597 e. The van der Waals surface area contributed by atoms with Gasteiger partial charge in [0.1, 0.15) is 0 Å². The van der Waals surface area contributed by atoms with E-state index in [0.717, 1.165) is 6.42 Å². The summed E-state index contributed by atoms with van der Waals surface area (Å²) >= 11 is 0. The van der Waals surface area contributed by atoms with E-state index in [2.05, 4.69) is 13.0 Å². The summed E-state index contributed by atoms with van der Waals surface area (Å²) in [6.07, 6.45) is 4.96. The van der Waals surface area contributed by atoms with Gasteiger partial charge in [-0.3, -0.25) is 0 Å². The van der Waals surface area contributed by atoms with E-state index in [1.165, 1.54) is 0 Å². The van der Waals surface area contributed by atoms with Gasteiger partial charge in [-0.05, 0) is 33.1 Å². The molecule has 0 rings (SSSR count). The summed E-state index contributed by atoms with van der Waals surface area (Å²) in [4.78, 5) is 0. The molecule has 1 nitrogen and oxygen atoms in total. The molecular weight excluding hydrogens is 124 g/mol. The Labute approximate surface area is 63.8 Å². The van der Waals surface area contributed by atoms with Gasteiger partial charge in [0.25, 0.3) is 0 Å². The standard InChI is InChI=1S/C9H18O/c1-5-6-8(2)7-9(3,4)10/h5-6,8,10H,7H2,1-4H3/b6-5-. The average molecular weight is 142 g/mol. The predicted octanol–water partition coefficient (Wildman–Crippen LogP) is 2.36. The van der Waals surface area contributed by atoms with Crippen molar-refractivity contribution in [3.8, 4) is 0 Å². The summed E-state index contributed by atoms with van der Waals surface area (Å²) in [6, 6.07) is 0. The van der Waals surface area contributed by atoms with Crippen molar-refractivity contribution in [2.24, 2.45) is 5.92 Å². The lowest BCUT2D eigenvalue weighted by atomic mass is 9.95. The molecule has 0 heterocycles. The average Bonchev–Trinajstić information content (AvgIpc) is 1.59. The Bertz CT molecular complexity index is 108. The van der Waals surface area contributed by atoms with Gasteiger partial charge in [-0.15, -0.1) is 0 Å². The molecule has 60 valence electrons. The van der Waals surface area contributed by atoms with E-state index in [0.29, 0.717) is 5.92 Å². The van der Waals surface area contributed by atoms with Crippen molar-refractivity contribution in [1.82, 2.24) is 0 Å². The minimum Gasteiger partial charge on any atom is -0.390 e. The molecule has 0 aliphatic heterocycles. The Balaban J connectivity index is 3.68. The van der Waals surface area contributed by atoms with Gasteiger partial charge < -0.3 is 5.11 Å². The van der Waals surface area contributed by atoms with E-state index in [4.69, 9.17) is 0 Å². The van der Waals surface area contributed by atoms with E-state index in [-0.39, 0.29) is 0 Å². The summed E-state index contributed by atoms with van der Waals surface area (Å²) in [5.41, 5.74) is -0.529. The topological polar surface area (TPSA) is 20.2 Å². The third kappa shape index (κ3) is 5.83. The second kappa shape index (κ2) is 3.77. The Morgan fingerprint density at radius 1 is 1.50 bits per heavy atom. The fourth-order valence-electron chi connectivity index (χ4n) is 1.18. The van der Waals surface area contributed by atoms with Crippen molar-refractivity contribution in [2.75, 3.05) is 0 Å². The Hall–Kier alpha value is -0.300. The number of allylic oxidation sites excluding steroid dienone is 2. The molecule has 1 unspecified atom stereocenters. The molecule has 0 saturated carbocycles. The zero-order valence-electron chi connectivity index (χ0n) is 7.39. The van der Waals surface area contributed by atoms with Crippen LogP contribution < -0.4 is 0 Å². The van der Waals surface area contributed by atoms with E-state index in [9.17, 15) is 5.11 Å². The highest BCUT2D eigenvalue weighted by Crippen LogP contribution is 2.16. The summed E-state index contributed by atoms with van der Waals surface area (Å²) < 4.78 is 0. The molecule has 10 heavy (non-hydrogen) atoms. The summed E-state index contributed by atoms with van der Waals surface area (Å²) in [7, 11) is 0. The van der Waals surface area contributed by atoms with Gasteiger partial charge >= 0.3 is 0 Å². The first kappa shape index (κ1) is 9.70. The van der Waals surface area contributed by atoms with Crippen LogP contribution in [0.2, 0.25) is 0 Å². The molecule has 0 spiro atoms. The maximum Gasteiger partial charge on any atom is 0.0597 e. The second-order valence-electron chi connectivity index (χ2n) is 3.52. The van der Waals surface area contributed by atoms with Crippen LogP contribution in [-0.4, -0.2) is 10.7 Å². The van der Waals surface area contributed by atoms with Gasteiger partial charge in [0.2, 0.25) is 0 Å². The number of rotatable bonds is 3. The third-order valence-corrected chi connectivity index (χ3v) is 1.34. The molecule has 0 aromatic carbocycles. The highest BCUT2D eigenvalue weighted by atomic mass is 16.3. The van der Waals surface area contributed by atoms with Crippen molar-refractivity contribution in [2.45, 2.75) is 39.7 Å². The van der Waals surface area contributed by atoms with Crippen molar-refractivity contribution >= 4 is 0 Å². The van der Waals surface area contributed by atoms with Gasteiger partial charge in [-0.2, -0.15) is 0 Å². The van der Waals surface area contributed by atoms with E-state index in [1.807, 2.05) is 26.8 Å². The summed E-state index contributed by atoms with van der Waals surface area (Å²) in [6.45, 7) is 7.79. The zero-order valence-corrected chi connectivity index (χ0v) is 7.39. The molecule has 0 bridgehead atoms. The molecule has 0 aliphatic rings. The third-order valence-electron chi connectivity index (χ3n) is 1.34. The number of hydrogen-bond acceptors (Lipinski definition) is 1. The first-order valence-corrected chi connectivity index (χ1v) is 3.81. The van der Waals surface area contributed by atoms with Gasteiger partial charge in [-0.1, -0.05) is 19.1 Å². The molecule has 0 aromatic rings. The van der Waals surface area contributed by atoms with Gasteiger partial charge in [0.05, 0.1) is 5.60 Å². The van der Waals surface area contributed by atoms with Crippen LogP contribution in [0.4, 0.5) is 0 Å². The second-order valence-corrected chi connectivity index (χ2v) is 3.52. The normalized spacial score (nSPS) is 16.1. The summed E-state index contributed by atoms with van der Waals surface area (Å²) in [5, 5.41) is 9.38. The molecule has 0 aromatic heterocycles. The lowest BCUT2D eigenvalue weighted by Gasteiger charge is -2.19. The number of hydrogen-bond donors (Lipinski definition) is 1. The lowest BCUT2D eigenvalue weighted by Crippen LogP contribution is -2.21. The summed E-state index contributed by atoms with van der Waals surface area (Å²) in [5.74, 6) is 0.477. The highest BCUT2D eigenvalue weighted by molar-refractivity contribution is 4.86. The predicted molar refractivity (Wildman–Crippen MR) is 44.9 cm³/mol. The maximum absolute atomic E-state index is 9.38. The Morgan fingerprint density at radius 3 is 2.30 bits per heavy atom. The first-order valence-electron chi connectivity index (χ1n) is 3.81. The SMILES string of the molecule is C/C=C\C(C)CC(C)(C)O. The molecule has 1 N–H and O–H groups in total. The van der Waals surface area contributed by atoms with Crippen LogP contribution >= 0.6 is 0 Å². The maximum atomic E-state index is 9.38. The van der Waals surface area contributed by atoms with Crippen LogP contribution in [0.15, 0.2) is 12.2 Å². The molecule has 0 fully saturated rings. The van der Waals surface area contributed by atoms with E-state index in [1.54, 1.807) is 0 Å². The molecule has 0 amide bonds. The molecular formula is C9H18O. The first-order chi connectivity index (χ1) is 4.45. The fourth-order valence-corrected chi connectivity index (χ4v) is 1.18. The Morgan fingerprint density at radius 2 is 2.00 bits per heavy atom. The van der Waals surface area contributed by atoms with Gasteiger partial charge in [0, 0.05) is 0 Å². The molecule has 0 aliphatic carbocycles. The van der Waals surface area contributed by atoms with E-state index >= 15 is 0 Å². The van der Waals surface area contributed by atoms with Crippen LogP contribution in [0.1, 0.15) is 34.1 Å². The lowest BCUT2D eigenvalue weighted by molar-refractivity contribution is 0.0613. The number of aliphatic hydroxyl groups is 1. The van der Waals surface area contributed by atoms with Gasteiger partial charge in [-0.25, -0.2) is 0 Å². The van der Waals surface area contributed by atoms with Crippen LogP contribution in [0.25, 0.3) is 0 Å².